The summed E-state index contributed by atoms with van der Waals surface area (Å²) in [5.74, 6) is 0. The van der Waals surface area contributed by atoms with E-state index in [0.29, 0.717) is 0 Å². The predicted octanol–water partition coefficient (Wildman–Crippen LogP) is 2.27. The lowest BCUT2D eigenvalue weighted by Crippen LogP contribution is -2.54. The lowest BCUT2D eigenvalue weighted by Gasteiger charge is -2.39. The van der Waals surface area contributed by atoms with Gasteiger partial charge in [0, 0.05) is 12.1 Å². The number of likely N-dealkylation sites (N-methyl/N-ethyl adjacent to an activating group) is 1. The van der Waals surface area contributed by atoms with Crippen LogP contribution in [0.4, 0.5) is 0 Å². The molecule has 0 saturated carbocycles. The molecular formula is C15H24N2. The van der Waals surface area contributed by atoms with Gasteiger partial charge in [0.05, 0.1) is 0 Å². The standard InChI is InChI=1S/C15H24N2/c1-12-5-6-13(2)14(9-12)10-15(16)7-4-8-17(3)11-15/h5-6,9H,4,7-8,10-11,16H2,1-3H3. The van der Waals surface area contributed by atoms with Crippen molar-refractivity contribution < 1.29 is 0 Å². The molecule has 1 heterocycles. The Labute approximate surface area is 105 Å². The number of nitrogens with two attached hydrogens (primary N) is 1. The zero-order valence-electron chi connectivity index (χ0n) is 11.3. The maximum atomic E-state index is 6.56. The summed E-state index contributed by atoms with van der Waals surface area (Å²) in [5.41, 5.74) is 10.6. The molecule has 0 radical (unpaired) electrons. The summed E-state index contributed by atoms with van der Waals surface area (Å²) >= 11 is 0. The summed E-state index contributed by atoms with van der Waals surface area (Å²) in [4.78, 5) is 2.36. The minimum atomic E-state index is -0.0362. The molecule has 17 heavy (non-hydrogen) atoms. The summed E-state index contributed by atoms with van der Waals surface area (Å²) in [6, 6.07) is 6.67. The molecule has 1 saturated heterocycles. The van der Waals surface area contributed by atoms with E-state index >= 15 is 0 Å². The molecule has 0 aromatic heterocycles. The highest BCUT2D eigenvalue weighted by Crippen LogP contribution is 2.24. The Kier molecular flexibility index (Phi) is 3.55. The van der Waals surface area contributed by atoms with Gasteiger partial charge in [-0.2, -0.15) is 0 Å². The van der Waals surface area contributed by atoms with Crippen LogP contribution < -0.4 is 5.73 Å². The Hall–Kier alpha value is -0.860. The second-order valence-electron chi connectivity index (χ2n) is 5.81. The summed E-state index contributed by atoms with van der Waals surface area (Å²) < 4.78 is 0. The Morgan fingerprint density at radius 2 is 2.12 bits per heavy atom. The predicted molar refractivity (Wildman–Crippen MR) is 73.3 cm³/mol. The third-order valence-electron chi connectivity index (χ3n) is 3.85. The highest BCUT2D eigenvalue weighted by atomic mass is 15.1. The molecule has 1 aromatic rings. The van der Waals surface area contributed by atoms with Crippen LogP contribution in [-0.2, 0) is 6.42 Å². The molecule has 0 amide bonds. The molecule has 1 unspecified atom stereocenters. The zero-order chi connectivity index (χ0) is 12.5. The molecule has 0 bridgehead atoms. The average Bonchev–Trinajstić information content (AvgIpc) is 2.22. The summed E-state index contributed by atoms with van der Waals surface area (Å²) in [6.45, 7) is 6.54. The summed E-state index contributed by atoms with van der Waals surface area (Å²) in [6.07, 6.45) is 3.37. The maximum absolute atomic E-state index is 6.56. The van der Waals surface area contributed by atoms with Crippen LogP contribution in [0.5, 0.6) is 0 Å². The smallest absolute Gasteiger partial charge is 0.0324 e. The van der Waals surface area contributed by atoms with Crippen molar-refractivity contribution >= 4 is 0 Å². The van der Waals surface area contributed by atoms with Gasteiger partial charge in [0.2, 0.25) is 0 Å². The number of hydrogen-bond donors (Lipinski definition) is 1. The molecule has 94 valence electrons. The number of piperidine rings is 1. The van der Waals surface area contributed by atoms with Crippen molar-refractivity contribution in [2.24, 2.45) is 5.73 Å². The third kappa shape index (κ3) is 3.08. The van der Waals surface area contributed by atoms with Crippen molar-refractivity contribution in [1.82, 2.24) is 4.90 Å². The largest absolute Gasteiger partial charge is 0.324 e. The molecule has 0 spiro atoms. The van der Waals surface area contributed by atoms with Crippen LogP contribution in [-0.4, -0.2) is 30.6 Å². The Balaban J connectivity index is 2.16. The first-order valence-electron chi connectivity index (χ1n) is 6.52. The van der Waals surface area contributed by atoms with E-state index < -0.39 is 0 Å². The van der Waals surface area contributed by atoms with E-state index in [0.717, 1.165) is 19.4 Å². The van der Waals surface area contributed by atoms with Crippen LogP contribution in [0.15, 0.2) is 18.2 Å². The van der Waals surface area contributed by atoms with Gasteiger partial charge in [-0.15, -0.1) is 0 Å². The van der Waals surface area contributed by atoms with E-state index in [-0.39, 0.29) is 5.54 Å². The van der Waals surface area contributed by atoms with Gasteiger partial charge in [0.15, 0.2) is 0 Å². The Morgan fingerprint density at radius 3 is 2.82 bits per heavy atom. The molecule has 1 aliphatic heterocycles. The summed E-state index contributed by atoms with van der Waals surface area (Å²) in [5, 5.41) is 0. The first kappa shape index (κ1) is 12.6. The maximum Gasteiger partial charge on any atom is 0.0324 e. The SMILES string of the molecule is Cc1ccc(C)c(CC2(N)CCCN(C)C2)c1. The van der Waals surface area contributed by atoms with E-state index in [2.05, 4.69) is 44.0 Å². The lowest BCUT2D eigenvalue weighted by atomic mass is 9.83. The van der Waals surface area contributed by atoms with Crippen molar-refractivity contribution in [3.8, 4) is 0 Å². The van der Waals surface area contributed by atoms with Gasteiger partial charge < -0.3 is 10.6 Å². The first-order chi connectivity index (χ1) is 7.98. The van der Waals surface area contributed by atoms with E-state index in [1.807, 2.05) is 0 Å². The van der Waals surface area contributed by atoms with Gasteiger partial charge >= 0.3 is 0 Å². The van der Waals surface area contributed by atoms with Crippen LogP contribution in [0.2, 0.25) is 0 Å². The van der Waals surface area contributed by atoms with Gasteiger partial charge in [-0.25, -0.2) is 0 Å². The topological polar surface area (TPSA) is 29.3 Å². The van der Waals surface area contributed by atoms with Crippen molar-refractivity contribution in [3.05, 3.63) is 34.9 Å². The van der Waals surface area contributed by atoms with Crippen LogP contribution in [0, 0.1) is 13.8 Å². The number of hydrogen-bond acceptors (Lipinski definition) is 2. The van der Waals surface area contributed by atoms with Crippen molar-refractivity contribution in [3.63, 3.8) is 0 Å². The van der Waals surface area contributed by atoms with Gasteiger partial charge in [0.1, 0.15) is 0 Å². The quantitative estimate of drug-likeness (QED) is 0.847. The van der Waals surface area contributed by atoms with Crippen LogP contribution >= 0.6 is 0 Å². The number of aryl methyl sites for hydroxylation is 2. The fourth-order valence-electron chi connectivity index (χ4n) is 2.91. The Morgan fingerprint density at radius 1 is 1.35 bits per heavy atom. The zero-order valence-corrected chi connectivity index (χ0v) is 11.3. The molecule has 1 aromatic carbocycles. The van der Waals surface area contributed by atoms with Crippen molar-refractivity contribution in [1.29, 1.82) is 0 Å². The highest BCUT2D eigenvalue weighted by Gasteiger charge is 2.30. The monoisotopic (exact) mass is 232 g/mol. The van der Waals surface area contributed by atoms with E-state index in [4.69, 9.17) is 5.73 Å². The molecule has 2 rings (SSSR count). The van der Waals surface area contributed by atoms with E-state index in [9.17, 15) is 0 Å². The number of likely N-dealkylation sites (tertiary alicyclic amines) is 1. The minimum Gasteiger partial charge on any atom is -0.324 e. The van der Waals surface area contributed by atoms with Crippen molar-refractivity contribution in [2.45, 2.75) is 38.6 Å². The number of rotatable bonds is 2. The van der Waals surface area contributed by atoms with Gasteiger partial charge in [-0.05, 0) is 57.8 Å². The number of benzene rings is 1. The van der Waals surface area contributed by atoms with Gasteiger partial charge in [-0.3, -0.25) is 0 Å². The molecular weight excluding hydrogens is 208 g/mol. The first-order valence-corrected chi connectivity index (χ1v) is 6.52. The second-order valence-corrected chi connectivity index (χ2v) is 5.81. The van der Waals surface area contributed by atoms with E-state index in [1.54, 1.807) is 0 Å². The third-order valence-corrected chi connectivity index (χ3v) is 3.85. The lowest BCUT2D eigenvalue weighted by molar-refractivity contribution is 0.178. The van der Waals surface area contributed by atoms with Gasteiger partial charge in [0.25, 0.3) is 0 Å². The molecule has 2 heteroatoms. The molecule has 0 aliphatic carbocycles. The summed E-state index contributed by atoms with van der Waals surface area (Å²) in [7, 11) is 2.17. The van der Waals surface area contributed by atoms with Gasteiger partial charge in [-0.1, -0.05) is 23.8 Å². The minimum absolute atomic E-state index is 0.0362. The molecule has 2 N–H and O–H groups in total. The molecule has 1 aliphatic rings. The second kappa shape index (κ2) is 4.79. The van der Waals surface area contributed by atoms with E-state index in [1.165, 1.54) is 29.7 Å². The molecule has 1 atom stereocenters. The highest BCUT2D eigenvalue weighted by molar-refractivity contribution is 5.32. The van der Waals surface area contributed by atoms with Crippen LogP contribution in [0.25, 0.3) is 0 Å². The average molecular weight is 232 g/mol. The van der Waals surface area contributed by atoms with Crippen LogP contribution in [0.1, 0.15) is 29.5 Å². The van der Waals surface area contributed by atoms with Crippen molar-refractivity contribution in [2.75, 3.05) is 20.1 Å². The fraction of sp³-hybridized carbons (Fsp3) is 0.600. The molecule has 2 nitrogen and oxygen atoms in total. The molecule has 1 fully saturated rings. The normalized spacial score (nSPS) is 26.1. The van der Waals surface area contributed by atoms with Crippen LogP contribution in [0.3, 0.4) is 0 Å². The Bertz CT molecular complexity index is 400. The number of nitrogens with zero attached hydrogens (tertiary/aromatic N) is 1. The fourth-order valence-corrected chi connectivity index (χ4v) is 2.91.